The van der Waals surface area contributed by atoms with Crippen molar-refractivity contribution in [2.24, 2.45) is 0 Å². The molecule has 2 heterocycles. The number of rotatable bonds is 1. The summed E-state index contributed by atoms with van der Waals surface area (Å²) in [6.07, 6.45) is 4.93. The molecule has 0 saturated carbocycles. The van der Waals surface area contributed by atoms with E-state index in [1.165, 1.54) is 6.20 Å². The van der Waals surface area contributed by atoms with E-state index in [0.717, 1.165) is 22.0 Å². The first-order valence-electron chi connectivity index (χ1n) is 5.33. The number of aromatic hydroxyl groups is 1. The zero-order valence-electron chi connectivity index (χ0n) is 9.04. The molecule has 0 radical (unpaired) electrons. The second kappa shape index (κ2) is 3.87. The largest absolute Gasteiger partial charge is 0.506 e. The lowest BCUT2D eigenvalue weighted by Crippen LogP contribution is -1.84. The molecule has 17 heavy (non-hydrogen) atoms. The molecule has 0 aliphatic heterocycles. The van der Waals surface area contributed by atoms with E-state index in [9.17, 15) is 5.11 Å². The Balaban J connectivity index is 2.30. The molecule has 0 unspecified atom stereocenters. The molecule has 1 N–H and O–H groups in total. The first kappa shape index (κ1) is 9.78. The van der Waals surface area contributed by atoms with Gasteiger partial charge in [-0.1, -0.05) is 18.2 Å². The van der Waals surface area contributed by atoms with E-state index >= 15 is 0 Å². The Morgan fingerprint density at radius 1 is 1.00 bits per heavy atom. The van der Waals surface area contributed by atoms with Gasteiger partial charge in [-0.25, -0.2) is 0 Å². The van der Waals surface area contributed by atoms with E-state index in [2.05, 4.69) is 9.97 Å². The third kappa shape index (κ3) is 1.72. The number of hydrogen-bond donors (Lipinski definition) is 1. The van der Waals surface area contributed by atoms with Crippen LogP contribution in [-0.4, -0.2) is 15.1 Å². The normalized spacial score (nSPS) is 10.6. The fraction of sp³-hybridized carbons (Fsp3) is 0. The van der Waals surface area contributed by atoms with Gasteiger partial charge in [0.1, 0.15) is 5.75 Å². The lowest BCUT2D eigenvalue weighted by Gasteiger charge is -2.05. The molecule has 0 saturated heterocycles. The van der Waals surface area contributed by atoms with E-state index in [0.29, 0.717) is 0 Å². The second-order valence-electron chi connectivity index (χ2n) is 3.81. The Morgan fingerprint density at radius 2 is 1.94 bits per heavy atom. The van der Waals surface area contributed by atoms with Gasteiger partial charge < -0.3 is 5.11 Å². The molecule has 3 rings (SSSR count). The first-order chi connectivity index (χ1) is 8.34. The van der Waals surface area contributed by atoms with Crippen LogP contribution in [0.1, 0.15) is 0 Å². The molecular weight excluding hydrogens is 212 g/mol. The zero-order chi connectivity index (χ0) is 11.7. The summed E-state index contributed by atoms with van der Waals surface area (Å²) < 4.78 is 0. The predicted molar refractivity (Wildman–Crippen MR) is 66.6 cm³/mol. The minimum Gasteiger partial charge on any atom is -0.506 e. The van der Waals surface area contributed by atoms with Gasteiger partial charge in [0.05, 0.1) is 11.7 Å². The van der Waals surface area contributed by atoms with Gasteiger partial charge in [-0.2, -0.15) is 0 Å². The average Bonchev–Trinajstić information content (AvgIpc) is 2.38. The van der Waals surface area contributed by atoms with E-state index < -0.39 is 0 Å². The second-order valence-corrected chi connectivity index (χ2v) is 3.81. The summed E-state index contributed by atoms with van der Waals surface area (Å²) >= 11 is 0. The van der Waals surface area contributed by atoms with Crippen molar-refractivity contribution in [1.29, 1.82) is 0 Å². The van der Waals surface area contributed by atoms with Gasteiger partial charge in [0.15, 0.2) is 0 Å². The van der Waals surface area contributed by atoms with Crippen molar-refractivity contribution >= 4 is 10.9 Å². The van der Waals surface area contributed by atoms with Gasteiger partial charge >= 0.3 is 0 Å². The van der Waals surface area contributed by atoms with Crippen LogP contribution in [0.3, 0.4) is 0 Å². The highest BCUT2D eigenvalue weighted by molar-refractivity contribution is 5.94. The Morgan fingerprint density at radius 3 is 2.82 bits per heavy atom. The molecule has 82 valence electrons. The van der Waals surface area contributed by atoms with Crippen molar-refractivity contribution in [3.8, 4) is 16.9 Å². The monoisotopic (exact) mass is 222 g/mol. The maximum atomic E-state index is 9.47. The fourth-order valence-corrected chi connectivity index (χ4v) is 1.93. The number of aromatic nitrogens is 2. The number of benzene rings is 1. The van der Waals surface area contributed by atoms with Crippen molar-refractivity contribution in [2.45, 2.75) is 0 Å². The molecular formula is C14H10N2O. The molecule has 0 amide bonds. The standard InChI is InChI=1S/C14H10N2O/c17-11-7-10(8-15-9-11)12-3-1-5-14-13(12)4-2-6-16-14/h1-9,17H. The van der Waals surface area contributed by atoms with Crippen LogP contribution in [0.25, 0.3) is 22.0 Å². The summed E-state index contributed by atoms with van der Waals surface area (Å²) in [6.45, 7) is 0. The molecule has 0 aliphatic rings. The highest BCUT2D eigenvalue weighted by Gasteiger charge is 2.04. The molecule has 0 spiro atoms. The Kier molecular flexibility index (Phi) is 2.22. The third-order valence-corrected chi connectivity index (χ3v) is 2.68. The highest BCUT2D eigenvalue weighted by Crippen LogP contribution is 2.28. The van der Waals surface area contributed by atoms with Crippen LogP contribution in [0.5, 0.6) is 5.75 Å². The Labute approximate surface area is 98.4 Å². The van der Waals surface area contributed by atoms with Crippen LogP contribution < -0.4 is 0 Å². The van der Waals surface area contributed by atoms with Crippen molar-refractivity contribution in [3.05, 3.63) is 55.0 Å². The molecule has 1 aromatic carbocycles. The molecule has 3 aromatic rings. The van der Waals surface area contributed by atoms with Crippen LogP contribution in [0.2, 0.25) is 0 Å². The lowest BCUT2D eigenvalue weighted by atomic mass is 10.0. The summed E-state index contributed by atoms with van der Waals surface area (Å²) in [4.78, 5) is 8.30. The quantitative estimate of drug-likeness (QED) is 0.688. The fourth-order valence-electron chi connectivity index (χ4n) is 1.93. The minimum atomic E-state index is 0.170. The number of hydrogen-bond acceptors (Lipinski definition) is 3. The number of pyridine rings is 2. The van der Waals surface area contributed by atoms with Crippen molar-refractivity contribution in [3.63, 3.8) is 0 Å². The first-order valence-corrected chi connectivity index (χ1v) is 5.33. The number of fused-ring (bicyclic) bond motifs is 1. The molecule has 0 bridgehead atoms. The van der Waals surface area contributed by atoms with E-state index in [4.69, 9.17) is 0 Å². The van der Waals surface area contributed by atoms with Crippen LogP contribution in [0.15, 0.2) is 55.0 Å². The SMILES string of the molecule is Oc1cncc(-c2cccc3ncccc23)c1. The molecule has 0 fully saturated rings. The van der Waals surface area contributed by atoms with Gasteiger partial charge in [-0.15, -0.1) is 0 Å². The summed E-state index contributed by atoms with van der Waals surface area (Å²) in [6, 6.07) is 11.5. The molecule has 3 nitrogen and oxygen atoms in total. The number of nitrogens with zero attached hydrogens (tertiary/aromatic N) is 2. The van der Waals surface area contributed by atoms with E-state index in [1.54, 1.807) is 18.5 Å². The van der Waals surface area contributed by atoms with E-state index in [-0.39, 0.29) is 5.75 Å². The van der Waals surface area contributed by atoms with Crippen LogP contribution in [0.4, 0.5) is 0 Å². The summed E-state index contributed by atoms with van der Waals surface area (Å²) in [7, 11) is 0. The van der Waals surface area contributed by atoms with Crippen LogP contribution in [0, 0.1) is 0 Å². The average molecular weight is 222 g/mol. The van der Waals surface area contributed by atoms with Gasteiger partial charge in [0.25, 0.3) is 0 Å². The summed E-state index contributed by atoms with van der Waals surface area (Å²) in [5, 5.41) is 10.5. The van der Waals surface area contributed by atoms with Crippen molar-refractivity contribution < 1.29 is 5.11 Å². The van der Waals surface area contributed by atoms with Crippen LogP contribution in [-0.2, 0) is 0 Å². The Bertz CT molecular complexity index is 674. The molecule has 0 aliphatic carbocycles. The van der Waals surface area contributed by atoms with Crippen molar-refractivity contribution in [1.82, 2.24) is 9.97 Å². The maximum absolute atomic E-state index is 9.47. The highest BCUT2D eigenvalue weighted by atomic mass is 16.3. The van der Waals surface area contributed by atoms with E-state index in [1.807, 2.05) is 30.3 Å². The molecule has 0 atom stereocenters. The lowest BCUT2D eigenvalue weighted by molar-refractivity contribution is 0.473. The maximum Gasteiger partial charge on any atom is 0.134 e. The smallest absolute Gasteiger partial charge is 0.134 e. The van der Waals surface area contributed by atoms with Crippen LogP contribution >= 0.6 is 0 Å². The molecule has 2 aromatic heterocycles. The third-order valence-electron chi connectivity index (χ3n) is 2.68. The summed E-state index contributed by atoms with van der Waals surface area (Å²) in [5.74, 6) is 0.170. The van der Waals surface area contributed by atoms with Gasteiger partial charge in [-0.3, -0.25) is 9.97 Å². The molecule has 3 heteroatoms. The van der Waals surface area contributed by atoms with Crippen molar-refractivity contribution in [2.75, 3.05) is 0 Å². The van der Waals surface area contributed by atoms with Gasteiger partial charge in [0, 0.05) is 23.3 Å². The van der Waals surface area contributed by atoms with Gasteiger partial charge in [0.2, 0.25) is 0 Å². The summed E-state index contributed by atoms with van der Waals surface area (Å²) in [5.41, 5.74) is 2.86. The van der Waals surface area contributed by atoms with Gasteiger partial charge in [-0.05, 0) is 23.8 Å². The predicted octanol–water partition coefficient (Wildman–Crippen LogP) is 3.00. The minimum absolute atomic E-state index is 0.170. The topological polar surface area (TPSA) is 46.0 Å². The Hall–Kier alpha value is -2.42. The zero-order valence-corrected chi connectivity index (χ0v) is 9.04.